The number of ether oxygens (including phenoxy) is 2. The van der Waals surface area contributed by atoms with E-state index >= 15 is 0 Å². The molecule has 1 aromatic heterocycles. The predicted molar refractivity (Wildman–Crippen MR) is 104 cm³/mol. The Bertz CT molecular complexity index is 980. The van der Waals surface area contributed by atoms with Gasteiger partial charge in [-0.05, 0) is 41.4 Å². The van der Waals surface area contributed by atoms with Crippen LogP contribution in [-0.4, -0.2) is 36.3 Å². The van der Waals surface area contributed by atoms with Crippen LogP contribution in [0, 0.1) is 6.92 Å². The van der Waals surface area contributed by atoms with Crippen molar-refractivity contribution < 1.29 is 14.3 Å². The van der Waals surface area contributed by atoms with E-state index in [9.17, 15) is 14.4 Å². The van der Waals surface area contributed by atoms with Gasteiger partial charge in [0.25, 0.3) is 5.56 Å². The van der Waals surface area contributed by atoms with Crippen LogP contribution < -0.4 is 26.1 Å². The van der Waals surface area contributed by atoms with Crippen molar-refractivity contribution in [2.75, 3.05) is 14.2 Å². The number of amides is 1. The smallest absolute Gasteiger partial charge is 0.325 e. The van der Waals surface area contributed by atoms with Crippen molar-refractivity contribution in [1.29, 1.82) is 0 Å². The molecule has 0 bridgehead atoms. The van der Waals surface area contributed by atoms with Gasteiger partial charge in [-0.15, -0.1) is 0 Å². The number of aromatic nitrogens is 2. The van der Waals surface area contributed by atoms with Crippen LogP contribution in [0.3, 0.4) is 0 Å². The number of hydrogen-bond donors (Lipinski definition) is 3. The average Bonchev–Trinajstić information content (AvgIpc) is 2.61. The molecule has 0 atom stereocenters. The Morgan fingerprint density at radius 2 is 2.00 bits per heavy atom. The molecular weight excluding hydrogens is 420 g/mol. The van der Waals surface area contributed by atoms with E-state index in [4.69, 9.17) is 9.47 Å². The first kappa shape index (κ1) is 20.4. The molecule has 0 saturated heterocycles. The summed E-state index contributed by atoms with van der Waals surface area (Å²) in [6, 6.07) is 3.47. The van der Waals surface area contributed by atoms with Crippen LogP contribution in [0.2, 0.25) is 0 Å². The van der Waals surface area contributed by atoms with Gasteiger partial charge in [-0.25, -0.2) is 10.2 Å². The molecule has 0 aliphatic heterocycles. The highest BCUT2D eigenvalue weighted by Crippen LogP contribution is 2.36. The van der Waals surface area contributed by atoms with E-state index < -0.39 is 11.2 Å². The molecular formula is C17H19BrN4O5. The Morgan fingerprint density at radius 1 is 1.26 bits per heavy atom. The summed E-state index contributed by atoms with van der Waals surface area (Å²) >= 11 is 3.41. The third-order valence-electron chi connectivity index (χ3n) is 3.76. The first-order chi connectivity index (χ1) is 12.9. The number of aromatic amines is 2. The zero-order valence-corrected chi connectivity index (χ0v) is 16.6. The lowest BCUT2D eigenvalue weighted by molar-refractivity contribution is -0.121. The molecule has 2 rings (SSSR count). The lowest BCUT2D eigenvalue weighted by Crippen LogP contribution is -2.28. The molecule has 9 nitrogen and oxygen atoms in total. The summed E-state index contributed by atoms with van der Waals surface area (Å²) in [5, 5.41) is 3.91. The van der Waals surface area contributed by atoms with E-state index in [0.717, 1.165) is 0 Å². The molecule has 1 aromatic carbocycles. The number of nitrogens with one attached hydrogen (secondary N) is 3. The summed E-state index contributed by atoms with van der Waals surface area (Å²) in [6.45, 7) is 1.61. The van der Waals surface area contributed by atoms with Crippen LogP contribution in [0.25, 0.3) is 0 Å². The van der Waals surface area contributed by atoms with Crippen molar-refractivity contribution in [2.45, 2.75) is 19.8 Å². The van der Waals surface area contributed by atoms with E-state index in [1.54, 1.807) is 19.1 Å². The highest BCUT2D eigenvalue weighted by Gasteiger charge is 2.12. The second-order valence-corrected chi connectivity index (χ2v) is 6.30. The molecule has 0 fully saturated rings. The summed E-state index contributed by atoms with van der Waals surface area (Å²) < 4.78 is 11.1. The second-order valence-electron chi connectivity index (χ2n) is 5.51. The van der Waals surface area contributed by atoms with Crippen LogP contribution >= 0.6 is 15.9 Å². The SMILES string of the molecule is COc1ccc(/C=N/NC(=O)CCc2c(C)[nH]c(=O)[nH]c2=O)c(Br)c1OC. The normalized spacial score (nSPS) is 10.8. The van der Waals surface area contributed by atoms with Crippen molar-refractivity contribution in [1.82, 2.24) is 15.4 Å². The number of hydrogen-bond acceptors (Lipinski definition) is 6. The Balaban J connectivity index is 2.00. The molecule has 2 aromatic rings. The van der Waals surface area contributed by atoms with Gasteiger partial charge >= 0.3 is 5.69 Å². The molecule has 0 saturated carbocycles. The van der Waals surface area contributed by atoms with Gasteiger partial charge in [0.1, 0.15) is 0 Å². The second kappa shape index (κ2) is 9.17. The minimum atomic E-state index is -0.573. The molecule has 10 heteroatoms. The third kappa shape index (κ3) is 5.07. The Hall–Kier alpha value is -2.88. The van der Waals surface area contributed by atoms with Crippen LogP contribution in [0.15, 0.2) is 31.3 Å². The minimum absolute atomic E-state index is 0.0421. The van der Waals surface area contributed by atoms with Crippen LogP contribution in [0.5, 0.6) is 11.5 Å². The van der Waals surface area contributed by atoms with Crippen molar-refractivity contribution >= 4 is 28.1 Å². The standard InChI is InChI=1S/C17H19BrN4O5/c1-9-11(16(24)21-17(25)20-9)5-7-13(23)22-19-8-10-4-6-12(26-2)15(27-3)14(10)18/h4,6,8H,5,7H2,1-3H3,(H,22,23)(H2,20,21,24,25)/b19-8+. The van der Waals surface area contributed by atoms with Crippen LogP contribution in [-0.2, 0) is 11.2 Å². The lowest BCUT2D eigenvalue weighted by atomic mass is 10.1. The number of methoxy groups -OCH3 is 2. The van der Waals surface area contributed by atoms with E-state index in [2.05, 4.69) is 36.4 Å². The molecule has 0 unspecified atom stereocenters. The topological polar surface area (TPSA) is 126 Å². The maximum atomic E-state index is 11.9. The number of carbonyl (C=O) groups excluding carboxylic acids is 1. The van der Waals surface area contributed by atoms with Gasteiger partial charge in [0.15, 0.2) is 11.5 Å². The summed E-state index contributed by atoms with van der Waals surface area (Å²) in [6.07, 6.45) is 1.68. The highest BCUT2D eigenvalue weighted by atomic mass is 79.9. The minimum Gasteiger partial charge on any atom is -0.493 e. The van der Waals surface area contributed by atoms with Gasteiger partial charge in [-0.3, -0.25) is 14.6 Å². The van der Waals surface area contributed by atoms with Crippen LogP contribution in [0.1, 0.15) is 23.2 Å². The molecule has 27 heavy (non-hydrogen) atoms. The molecule has 0 radical (unpaired) electrons. The number of rotatable bonds is 7. The Kier molecular flexibility index (Phi) is 6.94. The van der Waals surface area contributed by atoms with E-state index in [0.29, 0.717) is 32.8 Å². The number of H-pyrrole nitrogens is 2. The number of carbonyl (C=O) groups is 1. The fraction of sp³-hybridized carbons (Fsp3) is 0.294. The predicted octanol–water partition coefficient (Wildman–Crippen LogP) is 1.23. The van der Waals surface area contributed by atoms with E-state index in [1.165, 1.54) is 20.4 Å². The number of halogens is 1. The summed E-state index contributed by atoms with van der Waals surface area (Å²) in [5.41, 5.74) is 2.81. The lowest BCUT2D eigenvalue weighted by Gasteiger charge is -2.10. The zero-order chi connectivity index (χ0) is 20.0. The fourth-order valence-corrected chi connectivity index (χ4v) is 2.99. The quantitative estimate of drug-likeness (QED) is 0.442. The number of hydrazone groups is 1. The van der Waals surface area contributed by atoms with Gasteiger partial charge in [-0.2, -0.15) is 5.10 Å². The first-order valence-electron chi connectivity index (χ1n) is 7.91. The molecule has 1 amide bonds. The van der Waals surface area contributed by atoms with Gasteiger partial charge in [0.05, 0.1) is 24.9 Å². The Labute approximate surface area is 162 Å². The summed E-state index contributed by atoms with van der Waals surface area (Å²) in [5.74, 6) is 0.709. The van der Waals surface area contributed by atoms with Crippen molar-refractivity contribution in [3.63, 3.8) is 0 Å². The van der Waals surface area contributed by atoms with Crippen molar-refractivity contribution in [3.8, 4) is 11.5 Å². The first-order valence-corrected chi connectivity index (χ1v) is 8.71. The van der Waals surface area contributed by atoms with Crippen molar-refractivity contribution in [2.24, 2.45) is 5.10 Å². The number of aryl methyl sites for hydroxylation is 1. The number of benzene rings is 1. The molecule has 0 aliphatic carbocycles. The van der Waals surface area contributed by atoms with Crippen LogP contribution in [0.4, 0.5) is 0 Å². The van der Waals surface area contributed by atoms with Gasteiger partial charge in [0.2, 0.25) is 5.91 Å². The largest absolute Gasteiger partial charge is 0.493 e. The third-order valence-corrected chi connectivity index (χ3v) is 4.58. The Morgan fingerprint density at radius 3 is 2.63 bits per heavy atom. The zero-order valence-electron chi connectivity index (χ0n) is 15.0. The molecule has 3 N–H and O–H groups in total. The number of nitrogens with zero attached hydrogens (tertiary/aromatic N) is 1. The van der Waals surface area contributed by atoms with Gasteiger partial charge in [-0.1, -0.05) is 0 Å². The van der Waals surface area contributed by atoms with E-state index in [1.807, 2.05) is 0 Å². The fourth-order valence-electron chi connectivity index (χ4n) is 2.40. The summed E-state index contributed by atoms with van der Waals surface area (Å²) in [7, 11) is 3.05. The van der Waals surface area contributed by atoms with Gasteiger partial charge in [0, 0.05) is 23.2 Å². The maximum Gasteiger partial charge on any atom is 0.325 e. The summed E-state index contributed by atoms with van der Waals surface area (Å²) in [4.78, 5) is 39.5. The average molecular weight is 439 g/mol. The molecule has 0 spiro atoms. The molecule has 1 heterocycles. The van der Waals surface area contributed by atoms with E-state index in [-0.39, 0.29) is 18.7 Å². The monoisotopic (exact) mass is 438 g/mol. The highest BCUT2D eigenvalue weighted by molar-refractivity contribution is 9.10. The van der Waals surface area contributed by atoms with Gasteiger partial charge < -0.3 is 14.5 Å². The molecule has 144 valence electrons. The van der Waals surface area contributed by atoms with Crippen molar-refractivity contribution in [3.05, 3.63) is 54.3 Å². The maximum absolute atomic E-state index is 11.9. The molecule has 0 aliphatic rings.